The maximum Gasteiger partial charge on any atom is 0.124 e. The molecule has 19 heavy (non-hydrogen) atoms. The lowest BCUT2D eigenvalue weighted by Crippen LogP contribution is -2.20. The van der Waals surface area contributed by atoms with Gasteiger partial charge in [-0.2, -0.15) is 0 Å². The van der Waals surface area contributed by atoms with Crippen molar-refractivity contribution in [1.29, 1.82) is 0 Å². The number of hydrogen-bond acceptors (Lipinski definition) is 2. The van der Waals surface area contributed by atoms with Gasteiger partial charge in [-0.25, -0.2) is 0 Å². The molecule has 0 aliphatic rings. The summed E-state index contributed by atoms with van der Waals surface area (Å²) in [5, 5.41) is 4.20. The summed E-state index contributed by atoms with van der Waals surface area (Å²) in [5.74, 6) is 0.904. The van der Waals surface area contributed by atoms with Crippen molar-refractivity contribution in [2.45, 2.75) is 39.7 Å². The molecule has 0 aliphatic heterocycles. The maximum absolute atomic E-state index is 6.08. The third kappa shape index (κ3) is 5.66. The van der Waals surface area contributed by atoms with Gasteiger partial charge in [0.2, 0.25) is 0 Å². The molecule has 0 saturated heterocycles. The van der Waals surface area contributed by atoms with Gasteiger partial charge < -0.3 is 10.1 Å². The lowest BCUT2D eigenvalue weighted by molar-refractivity contribution is 0.315. The van der Waals surface area contributed by atoms with E-state index in [1.807, 2.05) is 25.1 Å². The smallest absolute Gasteiger partial charge is 0.124 e. The molecule has 106 valence electrons. The molecule has 0 aromatic heterocycles. The molecule has 1 N–H and O–H groups in total. The lowest BCUT2D eigenvalue weighted by Gasteiger charge is -2.18. The van der Waals surface area contributed by atoms with E-state index in [2.05, 4.69) is 25.7 Å². The van der Waals surface area contributed by atoms with Gasteiger partial charge in [0.1, 0.15) is 5.75 Å². The van der Waals surface area contributed by atoms with Crippen LogP contribution in [0.1, 0.15) is 45.2 Å². The molecule has 0 saturated carbocycles. The number of ether oxygens (including phenoxy) is 1. The summed E-state index contributed by atoms with van der Waals surface area (Å²) in [6.45, 7) is 11.8. The van der Waals surface area contributed by atoms with Crippen LogP contribution in [-0.4, -0.2) is 13.2 Å². The molecule has 0 amide bonds. The standard InChI is InChI=1S/C16H24ClNO/c1-5-9-18-13(4)15-11-14(17)6-7-16(15)19-10-8-12(2)3/h6-7,11,13,18H,2,5,8-10H2,1,3-4H3. The van der Waals surface area contributed by atoms with Gasteiger partial charge in [0, 0.05) is 23.0 Å². The van der Waals surface area contributed by atoms with Gasteiger partial charge in [0.25, 0.3) is 0 Å². The highest BCUT2D eigenvalue weighted by Crippen LogP contribution is 2.28. The Bertz CT molecular complexity index is 417. The Balaban J connectivity index is 2.75. The van der Waals surface area contributed by atoms with Gasteiger partial charge in [-0.05, 0) is 45.0 Å². The molecular weight excluding hydrogens is 258 g/mol. The molecule has 1 aromatic carbocycles. The van der Waals surface area contributed by atoms with Crippen LogP contribution in [-0.2, 0) is 0 Å². The minimum Gasteiger partial charge on any atom is -0.493 e. The Morgan fingerprint density at radius 1 is 1.47 bits per heavy atom. The highest BCUT2D eigenvalue weighted by Gasteiger charge is 2.11. The summed E-state index contributed by atoms with van der Waals surface area (Å²) in [4.78, 5) is 0. The normalized spacial score (nSPS) is 12.2. The average Bonchev–Trinajstić information content (AvgIpc) is 2.37. The molecule has 1 atom stereocenters. The number of rotatable bonds is 8. The molecule has 1 aromatic rings. The van der Waals surface area contributed by atoms with Crippen LogP contribution < -0.4 is 10.1 Å². The second-order valence-electron chi connectivity index (χ2n) is 4.91. The van der Waals surface area contributed by atoms with Crippen LogP contribution >= 0.6 is 11.6 Å². The maximum atomic E-state index is 6.08. The predicted octanol–water partition coefficient (Wildman–Crippen LogP) is 4.75. The van der Waals surface area contributed by atoms with Crippen LogP contribution in [0.25, 0.3) is 0 Å². The van der Waals surface area contributed by atoms with Crippen molar-refractivity contribution >= 4 is 11.6 Å². The van der Waals surface area contributed by atoms with Crippen LogP contribution in [0.3, 0.4) is 0 Å². The molecule has 1 rings (SSSR count). The number of hydrogen-bond donors (Lipinski definition) is 1. The summed E-state index contributed by atoms with van der Waals surface area (Å²) in [6.07, 6.45) is 1.98. The molecule has 0 heterocycles. The fourth-order valence-corrected chi connectivity index (χ4v) is 1.98. The highest BCUT2D eigenvalue weighted by atomic mass is 35.5. The van der Waals surface area contributed by atoms with Gasteiger partial charge in [-0.15, -0.1) is 6.58 Å². The molecular formula is C16H24ClNO. The molecule has 1 unspecified atom stereocenters. The average molecular weight is 282 g/mol. The van der Waals surface area contributed by atoms with E-state index in [4.69, 9.17) is 16.3 Å². The first kappa shape index (κ1) is 16.1. The zero-order chi connectivity index (χ0) is 14.3. The Hall–Kier alpha value is -0.990. The van der Waals surface area contributed by atoms with E-state index in [1.54, 1.807) is 0 Å². The summed E-state index contributed by atoms with van der Waals surface area (Å²) >= 11 is 6.08. The first-order valence-corrected chi connectivity index (χ1v) is 7.22. The molecule has 0 spiro atoms. The summed E-state index contributed by atoms with van der Waals surface area (Å²) in [7, 11) is 0. The van der Waals surface area contributed by atoms with Crippen molar-refractivity contribution in [3.63, 3.8) is 0 Å². The number of halogens is 1. The van der Waals surface area contributed by atoms with Crippen molar-refractivity contribution in [3.05, 3.63) is 40.9 Å². The Labute approximate surface area is 121 Å². The van der Waals surface area contributed by atoms with Gasteiger partial charge in [-0.1, -0.05) is 24.1 Å². The molecule has 0 bridgehead atoms. The topological polar surface area (TPSA) is 21.3 Å². The van der Waals surface area contributed by atoms with E-state index in [0.717, 1.165) is 41.3 Å². The Morgan fingerprint density at radius 2 is 2.21 bits per heavy atom. The first-order chi connectivity index (χ1) is 9.04. The van der Waals surface area contributed by atoms with E-state index in [9.17, 15) is 0 Å². The van der Waals surface area contributed by atoms with Crippen molar-refractivity contribution in [3.8, 4) is 5.75 Å². The number of nitrogens with one attached hydrogen (secondary N) is 1. The summed E-state index contributed by atoms with van der Waals surface area (Å²) in [6, 6.07) is 6.03. The zero-order valence-electron chi connectivity index (χ0n) is 12.1. The number of benzene rings is 1. The highest BCUT2D eigenvalue weighted by molar-refractivity contribution is 6.30. The van der Waals surface area contributed by atoms with Gasteiger partial charge >= 0.3 is 0 Å². The molecule has 2 nitrogen and oxygen atoms in total. The minimum atomic E-state index is 0.235. The van der Waals surface area contributed by atoms with Crippen LogP contribution in [0, 0.1) is 0 Å². The van der Waals surface area contributed by atoms with Crippen LogP contribution in [0.4, 0.5) is 0 Å². The quantitative estimate of drug-likeness (QED) is 0.695. The van der Waals surface area contributed by atoms with Crippen molar-refractivity contribution < 1.29 is 4.74 Å². The predicted molar refractivity (Wildman–Crippen MR) is 83.1 cm³/mol. The molecule has 0 fully saturated rings. The van der Waals surface area contributed by atoms with E-state index in [1.165, 1.54) is 0 Å². The van der Waals surface area contributed by atoms with Crippen molar-refractivity contribution in [2.24, 2.45) is 0 Å². The molecule has 0 aliphatic carbocycles. The fourth-order valence-electron chi connectivity index (χ4n) is 1.80. The van der Waals surface area contributed by atoms with Crippen molar-refractivity contribution in [1.82, 2.24) is 5.32 Å². The first-order valence-electron chi connectivity index (χ1n) is 6.84. The SMILES string of the molecule is C=C(C)CCOc1ccc(Cl)cc1C(C)NCCC. The summed E-state index contributed by atoms with van der Waals surface area (Å²) < 4.78 is 5.84. The lowest BCUT2D eigenvalue weighted by atomic mass is 10.1. The molecule has 0 radical (unpaired) electrons. The molecule has 3 heteroatoms. The van der Waals surface area contributed by atoms with Gasteiger partial charge in [0.15, 0.2) is 0 Å². The summed E-state index contributed by atoms with van der Waals surface area (Å²) in [5.41, 5.74) is 2.25. The largest absolute Gasteiger partial charge is 0.493 e. The van der Waals surface area contributed by atoms with Crippen LogP contribution in [0.2, 0.25) is 5.02 Å². The second kappa shape index (κ2) is 8.23. The Morgan fingerprint density at radius 3 is 2.84 bits per heavy atom. The van der Waals surface area contributed by atoms with E-state index < -0.39 is 0 Å². The van der Waals surface area contributed by atoms with E-state index in [0.29, 0.717) is 6.61 Å². The van der Waals surface area contributed by atoms with Gasteiger partial charge in [-0.3, -0.25) is 0 Å². The zero-order valence-corrected chi connectivity index (χ0v) is 12.9. The van der Waals surface area contributed by atoms with Gasteiger partial charge in [0.05, 0.1) is 6.61 Å². The minimum absolute atomic E-state index is 0.235. The van der Waals surface area contributed by atoms with Crippen LogP contribution in [0.15, 0.2) is 30.4 Å². The monoisotopic (exact) mass is 281 g/mol. The third-order valence-corrected chi connectivity index (χ3v) is 3.16. The van der Waals surface area contributed by atoms with E-state index >= 15 is 0 Å². The Kier molecular flexibility index (Phi) is 6.96. The third-order valence-electron chi connectivity index (χ3n) is 2.93. The van der Waals surface area contributed by atoms with Crippen LogP contribution in [0.5, 0.6) is 5.75 Å². The fraction of sp³-hybridized carbons (Fsp3) is 0.500. The van der Waals surface area contributed by atoms with Crippen molar-refractivity contribution in [2.75, 3.05) is 13.2 Å². The second-order valence-corrected chi connectivity index (χ2v) is 5.35. The van der Waals surface area contributed by atoms with E-state index in [-0.39, 0.29) is 6.04 Å².